The fourth-order valence-electron chi connectivity index (χ4n) is 2.51. The summed E-state index contributed by atoms with van der Waals surface area (Å²) in [6.07, 6.45) is 2.99. The van der Waals surface area contributed by atoms with Crippen molar-refractivity contribution >= 4 is 23.5 Å². The van der Waals surface area contributed by atoms with E-state index in [4.69, 9.17) is 4.74 Å². The Kier molecular flexibility index (Phi) is 4.65. The highest BCUT2D eigenvalue weighted by molar-refractivity contribution is 7.98. The van der Waals surface area contributed by atoms with Gasteiger partial charge in [0.25, 0.3) is 5.91 Å². The van der Waals surface area contributed by atoms with Crippen LogP contribution in [0.4, 0.5) is 5.82 Å². The number of benzene rings is 1. The molecule has 1 amide bonds. The van der Waals surface area contributed by atoms with Crippen molar-refractivity contribution < 1.29 is 9.53 Å². The van der Waals surface area contributed by atoms with Crippen LogP contribution >= 0.6 is 11.8 Å². The first-order valence-corrected chi connectivity index (χ1v) is 8.52. The van der Waals surface area contributed by atoms with E-state index in [1.165, 1.54) is 11.8 Å². The van der Waals surface area contributed by atoms with Crippen molar-refractivity contribution in [2.24, 2.45) is 0 Å². The third-order valence-electron chi connectivity index (χ3n) is 3.61. The zero-order valence-electron chi connectivity index (χ0n) is 12.7. The smallest absolute Gasteiger partial charge is 0.254 e. The number of nitrogens with zero attached hydrogens (tertiary/aromatic N) is 3. The summed E-state index contributed by atoms with van der Waals surface area (Å²) >= 11 is 1.42. The fraction of sp³-hybridized carbons (Fsp3) is 0.312. The number of anilines is 1. The van der Waals surface area contributed by atoms with Gasteiger partial charge in [-0.2, -0.15) is 5.26 Å². The highest BCUT2D eigenvalue weighted by Gasteiger charge is 2.26. The van der Waals surface area contributed by atoms with Crippen LogP contribution in [-0.4, -0.2) is 34.7 Å². The van der Waals surface area contributed by atoms with Gasteiger partial charge in [-0.3, -0.25) is 4.79 Å². The van der Waals surface area contributed by atoms with E-state index < -0.39 is 6.10 Å². The predicted molar refractivity (Wildman–Crippen MR) is 87.7 cm³/mol. The lowest BCUT2D eigenvalue weighted by atomic mass is 10.2. The van der Waals surface area contributed by atoms with E-state index in [0.717, 1.165) is 12.1 Å². The summed E-state index contributed by atoms with van der Waals surface area (Å²) in [4.78, 5) is 12.2. The monoisotopic (exact) mass is 328 g/mol. The Hall–Kier alpha value is -2.30. The molecule has 0 aliphatic carbocycles. The van der Waals surface area contributed by atoms with Gasteiger partial charge in [-0.25, -0.2) is 4.68 Å². The summed E-state index contributed by atoms with van der Waals surface area (Å²) in [6.45, 7) is 0.595. The molecule has 6 nitrogen and oxygen atoms in total. The van der Waals surface area contributed by atoms with E-state index in [1.807, 2.05) is 36.6 Å². The first-order valence-electron chi connectivity index (χ1n) is 7.29. The number of hydrogen-bond donors (Lipinski definition) is 1. The van der Waals surface area contributed by atoms with Crippen molar-refractivity contribution in [3.8, 4) is 11.8 Å². The third kappa shape index (κ3) is 3.09. The van der Waals surface area contributed by atoms with Crippen LogP contribution in [-0.2, 0) is 9.53 Å². The van der Waals surface area contributed by atoms with Crippen molar-refractivity contribution in [1.29, 1.82) is 5.26 Å². The number of amides is 1. The van der Waals surface area contributed by atoms with Crippen LogP contribution < -0.4 is 5.32 Å². The van der Waals surface area contributed by atoms with Gasteiger partial charge in [-0.05, 0) is 31.2 Å². The second kappa shape index (κ2) is 6.86. The largest absolute Gasteiger partial charge is 0.368 e. The molecule has 1 saturated heterocycles. The van der Waals surface area contributed by atoms with Gasteiger partial charge in [0.15, 0.2) is 5.82 Å². The molecule has 1 atom stereocenters. The van der Waals surface area contributed by atoms with Crippen LogP contribution in [0.25, 0.3) is 5.69 Å². The second-order valence-corrected chi connectivity index (χ2v) is 5.88. The number of thioether (sulfide) groups is 1. The molecule has 1 aromatic heterocycles. The van der Waals surface area contributed by atoms with Gasteiger partial charge in [0.2, 0.25) is 0 Å². The topological polar surface area (TPSA) is 79.9 Å². The molecule has 3 rings (SSSR count). The van der Waals surface area contributed by atoms with Crippen LogP contribution in [0.3, 0.4) is 0 Å². The molecule has 2 aromatic rings. The van der Waals surface area contributed by atoms with Gasteiger partial charge in [-0.1, -0.05) is 18.2 Å². The first kappa shape index (κ1) is 15.6. The minimum absolute atomic E-state index is 0.246. The van der Waals surface area contributed by atoms with E-state index in [2.05, 4.69) is 16.5 Å². The number of para-hydroxylation sites is 1. The van der Waals surface area contributed by atoms with Gasteiger partial charge < -0.3 is 10.1 Å². The number of carbonyl (C=O) groups excluding carboxylic acids is 1. The van der Waals surface area contributed by atoms with E-state index in [0.29, 0.717) is 23.6 Å². The predicted octanol–water partition coefficient (Wildman–Crippen LogP) is 2.58. The lowest BCUT2D eigenvalue weighted by Gasteiger charge is -2.08. The summed E-state index contributed by atoms with van der Waals surface area (Å²) in [5.74, 6) is 0.0329. The fourth-order valence-corrected chi connectivity index (χ4v) is 3.17. The van der Waals surface area contributed by atoms with Crippen molar-refractivity contribution in [3.05, 3.63) is 35.9 Å². The molecule has 7 heteroatoms. The molecule has 118 valence electrons. The van der Waals surface area contributed by atoms with Crippen molar-refractivity contribution in [2.75, 3.05) is 18.2 Å². The summed E-state index contributed by atoms with van der Waals surface area (Å²) in [6, 6.07) is 11.7. The lowest BCUT2D eigenvalue weighted by Crippen LogP contribution is -2.27. The molecule has 0 radical (unpaired) electrons. The zero-order chi connectivity index (χ0) is 16.2. The van der Waals surface area contributed by atoms with Crippen LogP contribution in [0.15, 0.2) is 35.4 Å². The van der Waals surface area contributed by atoms with Crippen LogP contribution in [0, 0.1) is 11.3 Å². The van der Waals surface area contributed by atoms with E-state index in [1.54, 1.807) is 4.68 Å². The molecule has 23 heavy (non-hydrogen) atoms. The number of carbonyl (C=O) groups is 1. The van der Waals surface area contributed by atoms with Gasteiger partial charge in [0.05, 0.1) is 5.69 Å². The minimum atomic E-state index is -0.457. The Morgan fingerprint density at radius 1 is 1.48 bits per heavy atom. The van der Waals surface area contributed by atoms with Gasteiger partial charge in [0, 0.05) is 6.61 Å². The Balaban J connectivity index is 1.96. The molecule has 1 aliphatic rings. The van der Waals surface area contributed by atoms with Gasteiger partial charge in [-0.15, -0.1) is 16.9 Å². The molecule has 1 N–H and O–H groups in total. The minimum Gasteiger partial charge on any atom is -0.368 e. The van der Waals surface area contributed by atoms with Crippen molar-refractivity contribution in [2.45, 2.75) is 24.0 Å². The molecule has 1 aromatic carbocycles. The maximum atomic E-state index is 12.2. The Labute approximate surface area is 138 Å². The third-order valence-corrected chi connectivity index (χ3v) is 4.38. The number of hydrogen-bond acceptors (Lipinski definition) is 5. The summed E-state index contributed by atoms with van der Waals surface area (Å²) in [5, 5.41) is 17.3. The van der Waals surface area contributed by atoms with Gasteiger partial charge in [0.1, 0.15) is 22.8 Å². The molecule has 1 unspecified atom stereocenters. The summed E-state index contributed by atoms with van der Waals surface area (Å²) in [7, 11) is 0. The maximum Gasteiger partial charge on any atom is 0.254 e. The highest BCUT2D eigenvalue weighted by atomic mass is 32.2. The number of ether oxygens (including phenoxy) is 1. The van der Waals surface area contributed by atoms with E-state index >= 15 is 0 Å². The maximum absolute atomic E-state index is 12.2. The molecule has 0 spiro atoms. The van der Waals surface area contributed by atoms with Crippen LogP contribution in [0.5, 0.6) is 0 Å². The lowest BCUT2D eigenvalue weighted by molar-refractivity contribution is -0.124. The molecule has 1 aliphatic heterocycles. The van der Waals surface area contributed by atoms with E-state index in [9.17, 15) is 10.1 Å². The number of rotatable bonds is 4. The molecule has 1 fully saturated rings. The molecule has 0 bridgehead atoms. The standard InChI is InChI=1S/C16H16N4O2S/c1-23-16-12(10-17)14(18-15(21)13-8-5-9-22-13)19-20(16)11-6-3-2-4-7-11/h2-4,6-7,13H,5,8-9H2,1H3,(H,18,19,21). The van der Waals surface area contributed by atoms with Crippen LogP contribution in [0.2, 0.25) is 0 Å². The molecule has 2 heterocycles. The summed E-state index contributed by atoms with van der Waals surface area (Å²) in [5.41, 5.74) is 1.21. The van der Waals surface area contributed by atoms with Crippen molar-refractivity contribution in [1.82, 2.24) is 9.78 Å². The second-order valence-electron chi connectivity index (χ2n) is 5.08. The zero-order valence-corrected chi connectivity index (χ0v) is 13.5. The molecular weight excluding hydrogens is 312 g/mol. The van der Waals surface area contributed by atoms with Crippen LogP contribution in [0.1, 0.15) is 18.4 Å². The first-order chi connectivity index (χ1) is 11.2. The molecule has 0 saturated carbocycles. The highest BCUT2D eigenvalue weighted by Crippen LogP contribution is 2.29. The number of nitrogens with one attached hydrogen (secondary N) is 1. The Morgan fingerprint density at radius 2 is 2.26 bits per heavy atom. The average Bonchev–Trinajstić information content (AvgIpc) is 3.23. The molecular formula is C16H16N4O2S. The van der Waals surface area contributed by atoms with Crippen molar-refractivity contribution in [3.63, 3.8) is 0 Å². The summed E-state index contributed by atoms with van der Waals surface area (Å²) < 4.78 is 7.05. The number of nitriles is 1. The normalized spacial score (nSPS) is 17.0. The average molecular weight is 328 g/mol. The Bertz CT molecular complexity index is 745. The SMILES string of the molecule is CSc1c(C#N)c(NC(=O)C2CCCO2)nn1-c1ccccc1. The number of aromatic nitrogens is 2. The quantitative estimate of drug-likeness (QED) is 0.873. The van der Waals surface area contributed by atoms with E-state index in [-0.39, 0.29) is 11.7 Å². The Morgan fingerprint density at radius 3 is 2.87 bits per heavy atom. The van der Waals surface area contributed by atoms with Gasteiger partial charge >= 0.3 is 0 Å².